The van der Waals surface area contributed by atoms with Crippen LogP contribution in [-0.2, 0) is 0 Å². The van der Waals surface area contributed by atoms with Crippen molar-refractivity contribution in [2.24, 2.45) is 0 Å². The summed E-state index contributed by atoms with van der Waals surface area (Å²) in [6, 6.07) is 7.09. The molecule has 0 bridgehead atoms. The Labute approximate surface area is 114 Å². The molecular weight excluding hydrogens is 236 g/mol. The van der Waals surface area contributed by atoms with Crippen molar-refractivity contribution >= 4 is 0 Å². The van der Waals surface area contributed by atoms with E-state index in [1.165, 1.54) is 11.1 Å². The smallest absolute Gasteiger partial charge is 0.161 e. The van der Waals surface area contributed by atoms with Gasteiger partial charge in [0, 0.05) is 0 Å². The summed E-state index contributed by atoms with van der Waals surface area (Å²) in [6.07, 6.45) is 7.72. The minimum absolute atomic E-state index is 0.00745. The van der Waals surface area contributed by atoms with Crippen LogP contribution < -0.4 is 4.74 Å². The zero-order chi connectivity index (χ0) is 13.7. The van der Waals surface area contributed by atoms with Crippen LogP contribution in [0, 0.1) is 0 Å². The maximum Gasteiger partial charge on any atom is 0.161 e. The van der Waals surface area contributed by atoms with Crippen LogP contribution in [0.3, 0.4) is 0 Å². The summed E-state index contributed by atoms with van der Waals surface area (Å²) in [5.74, 6) is 0.727. The third kappa shape index (κ3) is 3.08. The van der Waals surface area contributed by atoms with Gasteiger partial charge in [0.1, 0.15) is 6.10 Å². The SMILES string of the molecule is C=CCC1=C(C=C)CCC[C@H]1Oc1ccccc1O. The summed E-state index contributed by atoms with van der Waals surface area (Å²) in [7, 11) is 0. The molecule has 0 aromatic heterocycles. The van der Waals surface area contributed by atoms with Crippen molar-refractivity contribution in [3.05, 3.63) is 60.7 Å². The standard InChI is InChI=1S/C17H20O2/c1-3-8-14-13(4-2)9-7-12-16(14)19-17-11-6-5-10-15(17)18/h3-6,10-11,16,18H,1-2,7-9,12H2/t16-/m1/s1. The quantitative estimate of drug-likeness (QED) is 0.792. The summed E-state index contributed by atoms with van der Waals surface area (Å²) < 4.78 is 5.98. The number of allylic oxidation sites excluding steroid dienone is 3. The van der Waals surface area contributed by atoms with Crippen molar-refractivity contribution in [1.29, 1.82) is 0 Å². The molecule has 1 atom stereocenters. The lowest BCUT2D eigenvalue weighted by atomic mass is 9.87. The average molecular weight is 256 g/mol. The molecule has 0 radical (unpaired) electrons. The second-order valence-corrected chi connectivity index (χ2v) is 4.71. The van der Waals surface area contributed by atoms with Crippen LogP contribution in [0.5, 0.6) is 11.5 Å². The van der Waals surface area contributed by atoms with Gasteiger partial charge in [-0.2, -0.15) is 0 Å². The normalized spacial score (nSPS) is 19.1. The minimum atomic E-state index is 0.00745. The van der Waals surface area contributed by atoms with Crippen molar-refractivity contribution in [2.45, 2.75) is 31.8 Å². The highest BCUT2D eigenvalue weighted by atomic mass is 16.5. The van der Waals surface area contributed by atoms with Gasteiger partial charge in [0.05, 0.1) is 0 Å². The van der Waals surface area contributed by atoms with Crippen LogP contribution >= 0.6 is 0 Å². The first kappa shape index (κ1) is 13.5. The molecular formula is C17H20O2. The maximum atomic E-state index is 9.80. The lowest BCUT2D eigenvalue weighted by Crippen LogP contribution is -2.23. The summed E-state index contributed by atoms with van der Waals surface area (Å²) in [5, 5.41) is 9.80. The third-order valence-corrected chi connectivity index (χ3v) is 3.46. The molecule has 0 saturated heterocycles. The van der Waals surface area contributed by atoms with E-state index in [-0.39, 0.29) is 11.9 Å². The molecule has 0 unspecified atom stereocenters. The number of benzene rings is 1. The molecule has 2 nitrogen and oxygen atoms in total. The molecule has 2 rings (SSSR count). The van der Waals surface area contributed by atoms with Gasteiger partial charge in [-0.1, -0.05) is 30.9 Å². The fourth-order valence-corrected chi connectivity index (χ4v) is 2.51. The Bertz CT molecular complexity index is 500. The molecule has 1 aliphatic rings. The number of ether oxygens (including phenoxy) is 1. The highest BCUT2D eigenvalue weighted by molar-refractivity contribution is 5.40. The summed E-state index contributed by atoms with van der Waals surface area (Å²) in [5.41, 5.74) is 2.49. The first-order chi connectivity index (χ1) is 9.26. The predicted molar refractivity (Wildman–Crippen MR) is 78.4 cm³/mol. The number of phenols is 1. The average Bonchev–Trinajstić information content (AvgIpc) is 2.43. The molecule has 1 aromatic carbocycles. The van der Waals surface area contributed by atoms with Gasteiger partial charge in [-0.25, -0.2) is 0 Å². The second-order valence-electron chi connectivity index (χ2n) is 4.71. The van der Waals surface area contributed by atoms with Gasteiger partial charge < -0.3 is 9.84 Å². The molecule has 0 fully saturated rings. The number of rotatable bonds is 5. The Balaban J connectivity index is 2.25. The molecule has 0 saturated carbocycles. The molecule has 1 N–H and O–H groups in total. The zero-order valence-electron chi connectivity index (χ0n) is 11.1. The van der Waals surface area contributed by atoms with Crippen molar-refractivity contribution in [3.63, 3.8) is 0 Å². The minimum Gasteiger partial charge on any atom is -0.504 e. The lowest BCUT2D eigenvalue weighted by molar-refractivity contribution is 0.205. The van der Waals surface area contributed by atoms with Crippen LogP contribution in [0.25, 0.3) is 0 Å². The Hall–Kier alpha value is -1.96. The van der Waals surface area contributed by atoms with E-state index in [2.05, 4.69) is 13.2 Å². The highest BCUT2D eigenvalue weighted by Crippen LogP contribution is 2.34. The van der Waals surface area contributed by atoms with E-state index in [0.717, 1.165) is 25.7 Å². The van der Waals surface area contributed by atoms with Crippen molar-refractivity contribution in [1.82, 2.24) is 0 Å². The molecule has 19 heavy (non-hydrogen) atoms. The largest absolute Gasteiger partial charge is 0.504 e. The number of aromatic hydroxyl groups is 1. The molecule has 0 heterocycles. The lowest BCUT2D eigenvalue weighted by Gasteiger charge is -2.28. The fourth-order valence-electron chi connectivity index (χ4n) is 2.51. The molecule has 100 valence electrons. The highest BCUT2D eigenvalue weighted by Gasteiger charge is 2.23. The van der Waals surface area contributed by atoms with E-state index in [4.69, 9.17) is 4.74 Å². The monoisotopic (exact) mass is 256 g/mol. The zero-order valence-corrected chi connectivity index (χ0v) is 11.1. The van der Waals surface area contributed by atoms with Gasteiger partial charge in [-0.05, 0) is 49.0 Å². The summed E-state index contributed by atoms with van der Waals surface area (Å²) in [4.78, 5) is 0. The van der Waals surface area contributed by atoms with Gasteiger partial charge in [0.15, 0.2) is 11.5 Å². The van der Waals surface area contributed by atoms with Gasteiger partial charge in [0.2, 0.25) is 0 Å². The molecule has 0 aliphatic heterocycles. The Morgan fingerprint density at radius 3 is 2.79 bits per heavy atom. The van der Waals surface area contributed by atoms with Crippen molar-refractivity contribution < 1.29 is 9.84 Å². The van der Waals surface area contributed by atoms with Crippen LogP contribution in [0.2, 0.25) is 0 Å². The van der Waals surface area contributed by atoms with Crippen LogP contribution in [0.15, 0.2) is 60.7 Å². The molecule has 2 heteroatoms. The first-order valence-electron chi connectivity index (χ1n) is 6.66. The predicted octanol–water partition coefficient (Wildman–Crippen LogP) is 4.38. The molecule has 0 amide bonds. The molecule has 1 aromatic rings. The van der Waals surface area contributed by atoms with Gasteiger partial charge >= 0.3 is 0 Å². The van der Waals surface area contributed by atoms with Crippen LogP contribution in [0.1, 0.15) is 25.7 Å². The Morgan fingerprint density at radius 2 is 2.11 bits per heavy atom. The van der Waals surface area contributed by atoms with Crippen LogP contribution in [0.4, 0.5) is 0 Å². The number of phenolic OH excluding ortho intramolecular Hbond substituents is 1. The number of hydrogen-bond acceptors (Lipinski definition) is 2. The van der Waals surface area contributed by atoms with E-state index in [1.807, 2.05) is 18.2 Å². The van der Waals surface area contributed by atoms with E-state index >= 15 is 0 Å². The van der Waals surface area contributed by atoms with E-state index < -0.39 is 0 Å². The summed E-state index contributed by atoms with van der Waals surface area (Å²) in [6.45, 7) is 7.69. The van der Waals surface area contributed by atoms with E-state index in [0.29, 0.717) is 5.75 Å². The van der Waals surface area contributed by atoms with Crippen molar-refractivity contribution in [2.75, 3.05) is 0 Å². The van der Waals surface area contributed by atoms with E-state index in [9.17, 15) is 5.11 Å². The van der Waals surface area contributed by atoms with Gasteiger partial charge in [-0.15, -0.1) is 6.58 Å². The van der Waals surface area contributed by atoms with E-state index in [1.54, 1.807) is 18.2 Å². The summed E-state index contributed by atoms with van der Waals surface area (Å²) >= 11 is 0. The fraction of sp³-hybridized carbons (Fsp3) is 0.294. The third-order valence-electron chi connectivity index (χ3n) is 3.46. The maximum absolute atomic E-state index is 9.80. The van der Waals surface area contributed by atoms with Gasteiger partial charge in [0.25, 0.3) is 0 Å². The Kier molecular flexibility index (Phi) is 4.45. The topological polar surface area (TPSA) is 29.5 Å². The van der Waals surface area contributed by atoms with Gasteiger partial charge in [-0.3, -0.25) is 0 Å². The number of hydrogen-bond donors (Lipinski definition) is 1. The second kappa shape index (κ2) is 6.28. The Morgan fingerprint density at radius 1 is 1.32 bits per heavy atom. The van der Waals surface area contributed by atoms with Crippen molar-refractivity contribution in [3.8, 4) is 11.5 Å². The molecule has 0 spiro atoms. The number of para-hydroxylation sites is 2. The molecule has 1 aliphatic carbocycles. The first-order valence-corrected chi connectivity index (χ1v) is 6.66. The van der Waals surface area contributed by atoms with Crippen LogP contribution in [-0.4, -0.2) is 11.2 Å².